The standard InChI is InChI=1S/C14H17F2NO3/c1-8-5-6-12(20-8)14(19)17-7-11(18)13-9(15)3-2-4-10(13)16/h2-4,8,11-12,18H,5-7H2,1H3,(H,17,19). The number of carbonyl (C=O) groups is 1. The molecule has 0 spiro atoms. The molecule has 3 unspecified atom stereocenters. The van der Waals surface area contributed by atoms with Crippen LogP contribution in [0.3, 0.4) is 0 Å². The molecule has 0 aromatic heterocycles. The highest BCUT2D eigenvalue weighted by atomic mass is 19.1. The minimum Gasteiger partial charge on any atom is -0.386 e. The lowest BCUT2D eigenvalue weighted by Crippen LogP contribution is -2.37. The molecule has 1 fully saturated rings. The van der Waals surface area contributed by atoms with E-state index in [9.17, 15) is 18.7 Å². The smallest absolute Gasteiger partial charge is 0.249 e. The third-order valence-electron chi connectivity index (χ3n) is 3.33. The Labute approximate surface area is 115 Å². The largest absolute Gasteiger partial charge is 0.386 e. The molecule has 0 radical (unpaired) electrons. The van der Waals surface area contributed by atoms with Crippen molar-refractivity contribution >= 4 is 5.91 Å². The van der Waals surface area contributed by atoms with E-state index in [2.05, 4.69) is 5.32 Å². The molecule has 20 heavy (non-hydrogen) atoms. The Bertz CT molecular complexity index is 475. The minimum atomic E-state index is -1.43. The highest BCUT2D eigenvalue weighted by Gasteiger charge is 2.28. The Hall–Kier alpha value is -1.53. The molecule has 1 heterocycles. The van der Waals surface area contributed by atoms with E-state index in [0.717, 1.165) is 18.6 Å². The van der Waals surface area contributed by atoms with Crippen molar-refractivity contribution in [2.45, 2.75) is 38.1 Å². The average Bonchev–Trinajstić information content (AvgIpc) is 2.82. The van der Waals surface area contributed by atoms with Crippen LogP contribution in [0.5, 0.6) is 0 Å². The lowest BCUT2D eigenvalue weighted by molar-refractivity contribution is -0.132. The van der Waals surface area contributed by atoms with Gasteiger partial charge in [0.25, 0.3) is 0 Å². The van der Waals surface area contributed by atoms with Gasteiger partial charge in [0, 0.05) is 6.54 Å². The van der Waals surface area contributed by atoms with Crippen molar-refractivity contribution in [2.24, 2.45) is 0 Å². The quantitative estimate of drug-likeness (QED) is 0.885. The van der Waals surface area contributed by atoms with E-state index < -0.39 is 29.4 Å². The van der Waals surface area contributed by atoms with Gasteiger partial charge in [-0.1, -0.05) is 6.07 Å². The van der Waals surface area contributed by atoms with Crippen LogP contribution >= 0.6 is 0 Å². The molecule has 6 heteroatoms. The molecule has 110 valence electrons. The van der Waals surface area contributed by atoms with Crippen LogP contribution in [0.25, 0.3) is 0 Å². The monoisotopic (exact) mass is 285 g/mol. The first-order valence-corrected chi connectivity index (χ1v) is 6.54. The summed E-state index contributed by atoms with van der Waals surface area (Å²) in [5, 5.41) is 12.2. The molecule has 1 aromatic carbocycles. The average molecular weight is 285 g/mol. The number of amides is 1. The Morgan fingerprint density at radius 1 is 1.45 bits per heavy atom. The fourth-order valence-corrected chi connectivity index (χ4v) is 2.24. The number of rotatable bonds is 4. The normalized spacial score (nSPS) is 23.6. The predicted molar refractivity (Wildman–Crippen MR) is 67.9 cm³/mol. The van der Waals surface area contributed by atoms with E-state index in [1.807, 2.05) is 6.92 Å². The Morgan fingerprint density at radius 2 is 2.10 bits per heavy atom. The van der Waals surface area contributed by atoms with Crippen LogP contribution in [0.2, 0.25) is 0 Å². The molecule has 3 atom stereocenters. The maximum atomic E-state index is 13.4. The highest BCUT2D eigenvalue weighted by Crippen LogP contribution is 2.21. The predicted octanol–water partition coefficient (Wildman–Crippen LogP) is 1.68. The molecule has 1 amide bonds. The van der Waals surface area contributed by atoms with Crippen molar-refractivity contribution < 1.29 is 23.4 Å². The summed E-state index contributed by atoms with van der Waals surface area (Å²) in [6.07, 6.45) is -0.555. The summed E-state index contributed by atoms with van der Waals surface area (Å²) in [4.78, 5) is 11.8. The first kappa shape index (κ1) is 14.9. The van der Waals surface area contributed by atoms with E-state index in [4.69, 9.17) is 4.74 Å². The molecule has 0 bridgehead atoms. The van der Waals surface area contributed by atoms with Gasteiger partial charge in [-0.25, -0.2) is 8.78 Å². The van der Waals surface area contributed by atoms with Crippen molar-refractivity contribution in [1.82, 2.24) is 5.32 Å². The van der Waals surface area contributed by atoms with Crippen LogP contribution < -0.4 is 5.32 Å². The molecule has 1 aliphatic heterocycles. The summed E-state index contributed by atoms with van der Waals surface area (Å²) in [5.41, 5.74) is -0.437. The summed E-state index contributed by atoms with van der Waals surface area (Å²) in [7, 11) is 0. The first-order chi connectivity index (χ1) is 9.49. The molecular formula is C14H17F2NO3. The molecule has 2 N–H and O–H groups in total. The number of benzene rings is 1. The minimum absolute atomic E-state index is 0.0275. The summed E-state index contributed by atoms with van der Waals surface area (Å²) in [5.74, 6) is -2.04. The fraction of sp³-hybridized carbons (Fsp3) is 0.500. The second-order valence-electron chi connectivity index (χ2n) is 4.91. The number of halogens is 2. The third-order valence-corrected chi connectivity index (χ3v) is 3.33. The highest BCUT2D eigenvalue weighted by molar-refractivity contribution is 5.81. The molecule has 1 saturated heterocycles. The van der Waals surface area contributed by atoms with Crippen molar-refractivity contribution in [1.29, 1.82) is 0 Å². The fourth-order valence-electron chi connectivity index (χ4n) is 2.24. The Morgan fingerprint density at radius 3 is 2.65 bits per heavy atom. The SMILES string of the molecule is CC1CCC(C(=O)NCC(O)c2c(F)cccc2F)O1. The zero-order valence-corrected chi connectivity index (χ0v) is 11.1. The number of aliphatic hydroxyl groups is 1. The van der Waals surface area contributed by atoms with Gasteiger partial charge in [-0.05, 0) is 31.9 Å². The number of hydrogen-bond acceptors (Lipinski definition) is 3. The van der Waals surface area contributed by atoms with Gasteiger partial charge in [0.1, 0.15) is 23.8 Å². The van der Waals surface area contributed by atoms with Gasteiger partial charge < -0.3 is 15.2 Å². The lowest BCUT2D eigenvalue weighted by Gasteiger charge is -2.16. The summed E-state index contributed by atoms with van der Waals surface area (Å²) in [6.45, 7) is 1.61. The second-order valence-corrected chi connectivity index (χ2v) is 4.91. The number of carbonyl (C=O) groups excluding carboxylic acids is 1. The van der Waals surface area contributed by atoms with Crippen LogP contribution in [0.15, 0.2) is 18.2 Å². The van der Waals surface area contributed by atoms with E-state index in [0.29, 0.717) is 6.42 Å². The number of nitrogens with one attached hydrogen (secondary N) is 1. The zero-order chi connectivity index (χ0) is 14.7. The summed E-state index contributed by atoms with van der Waals surface area (Å²) >= 11 is 0. The molecule has 1 aliphatic rings. The Balaban J connectivity index is 1.92. The molecule has 0 aliphatic carbocycles. The van der Waals surface area contributed by atoms with Crippen molar-refractivity contribution in [3.05, 3.63) is 35.4 Å². The Kier molecular flexibility index (Phi) is 4.67. The third kappa shape index (κ3) is 3.32. The van der Waals surface area contributed by atoms with Gasteiger partial charge >= 0.3 is 0 Å². The lowest BCUT2D eigenvalue weighted by atomic mass is 10.1. The van der Waals surface area contributed by atoms with E-state index >= 15 is 0 Å². The maximum Gasteiger partial charge on any atom is 0.249 e. The van der Waals surface area contributed by atoms with Gasteiger partial charge in [0.2, 0.25) is 5.91 Å². The topological polar surface area (TPSA) is 58.6 Å². The van der Waals surface area contributed by atoms with Gasteiger partial charge in [-0.2, -0.15) is 0 Å². The molecule has 0 saturated carbocycles. The zero-order valence-electron chi connectivity index (χ0n) is 11.1. The molecular weight excluding hydrogens is 268 g/mol. The summed E-state index contributed by atoms with van der Waals surface area (Å²) in [6, 6.07) is 3.34. The molecule has 2 rings (SSSR count). The number of ether oxygens (including phenoxy) is 1. The molecule has 1 aromatic rings. The van der Waals surface area contributed by atoms with Gasteiger partial charge in [0.15, 0.2) is 0 Å². The van der Waals surface area contributed by atoms with Crippen LogP contribution in [0, 0.1) is 11.6 Å². The molecule has 4 nitrogen and oxygen atoms in total. The van der Waals surface area contributed by atoms with Gasteiger partial charge in [0.05, 0.1) is 11.7 Å². The van der Waals surface area contributed by atoms with Crippen molar-refractivity contribution in [3.63, 3.8) is 0 Å². The summed E-state index contributed by atoms with van der Waals surface area (Å²) < 4.78 is 32.2. The second kappa shape index (κ2) is 6.28. The number of hydrogen-bond donors (Lipinski definition) is 2. The van der Waals surface area contributed by atoms with Gasteiger partial charge in [-0.3, -0.25) is 4.79 Å². The van der Waals surface area contributed by atoms with E-state index in [-0.39, 0.29) is 18.6 Å². The van der Waals surface area contributed by atoms with Crippen LogP contribution in [0.4, 0.5) is 8.78 Å². The van der Waals surface area contributed by atoms with Crippen LogP contribution in [-0.4, -0.2) is 29.8 Å². The maximum absolute atomic E-state index is 13.4. The number of aliphatic hydroxyl groups excluding tert-OH is 1. The van der Waals surface area contributed by atoms with Crippen molar-refractivity contribution in [3.8, 4) is 0 Å². The van der Waals surface area contributed by atoms with E-state index in [1.54, 1.807) is 0 Å². The van der Waals surface area contributed by atoms with Gasteiger partial charge in [-0.15, -0.1) is 0 Å². The van der Waals surface area contributed by atoms with E-state index in [1.165, 1.54) is 6.07 Å². The first-order valence-electron chi connectivity index (χ1n) is 6.54. The van der Waals surface area contributed by atoms with Crippen LogP contribution in [-0.2, 0) is 9.53 Å². The van der Waals surface area contributed by atoms with Crippen molar-refractivity contribution in [2.75, 3.05) is 6.54 Å². The van der Waals surface area contributed by atoms with Crippen LogP contribution in [0.1, 0.15) is 31.4 Å².